The summed E-state index contributed by atoms with van der Waals surface area (Å²) < 4.78 is 79.3. The number of hydrogen-bond acceptors (Lipinski definition) is 8. The second kappa shape index (κ2) is 9.18. The maximum Gasteiger partial charge on any atom is 0.417 e. The molecule has 1 aliphatic heterocycles. The molecule has 6 nitrogen and oxygen atoms in total. The molecular weight excluding hydrogens is 533 g/mol. The van der Waals surface area contributed by atoms with Gasteiger partial charge in [-0.15, -0.1) is 11.3 Å². The van der Waals surface area contributed by atoms with Crippen LogP contribution in [0, 0.1) is 23.0 Å². The number of rotatable bonds is 4. The van der Waals surface area contributed by atoms with Crippen LogP contribution in [0.25, 0.3) is 32.1 Å². The monoisotopic (exact) mass is 551 g/mol. The van der Waals surface area contributed by atoms with Gasteiger partial charge in [0.25, 0.3) is 0 Å². The molecule has 5 rings (SSSR count). The van der Waals surface area contributed by atoms with Crippen molar-refractivity contribution in [1.82, 2.24) is 9.97 Å². The molecule has 0 bridgehead atoms. The number of anilines is 2. The normalized spacial score (nSPS) is 15.9. The van der Waals surface area contributed by atoms with E-state index >= 15 is 4.39 Å². The third-order valence-corrected chi connectivity index (χ3v) is 8.54. The van der Waals surface area contributed by atoms with Crippen molar-refractivity contribution in [2.75, 3.05) is 36.3 Å². The van der Waals surface area contributed by atoms with Gasteiger partial charge in [0, 0.05) is 35.2 Å². The summed E-state index contributed by atoms with van der Waals surface area (Å²) in [6.45, 7) is 0. The first-order chi connectivity index (χ1) is 17.6. The van der Waals surface area contributed by atoms with Crippen molar-refractivity contribution in [2.24, 2.45) is 0 Å². The summed E-state index contributed by atoms with van der Waals surface area (Å²) in [5.41, 5.74) is 2.77. The maximum atomic E-state index is 16.3. The standard InChI is InChI=1S/C24H18F5N5OS2/c1-34(10-5-6-36-9-10)22-12-7-14(24(27,28)29)17(18(26)19(12)32-23(33-22)35-2)11-3-4-15(25)20-16(11)13(8-30)21(31)37-20/h3-4,7,10H,5-6,9,31H2,1-2H3. The van der Waals surface area contributed by atoms with E-state index in [-0.39, 0.29) is 55.0 Å². The molecule has 1 unspecified atom stereocenters. The molecule has 2 N–H and O–H groups in total. The summed E-state index contributed by atoms with van der Waals surface area (Å²) in [6, 6.07) is 4.32. The van der Waals surface area contributed by atoms with E-state index in [9.17, 15) is 22.8 Å². The molecule has 13 heteroatoms. The van der Waals surface area contributed by atoms with Gasteiger partial charge in [0.15, 0.2) is 5.82 Å². The number of ether oxygens (including phenoxy) is 1. The van der Waals surface area contributed by atoms with Crippen molar-refractivity contribution < 1.29 is 26.7 Å². The van der Waals surface area contributed by atoms with E-state index in [1.807, 2.05) is 0 Å². The van der Waals surface area contributed by atoms with Crippen LogP contribution in [-0.2, 0) is 6.18 Å². The minimum atomic E-state index is -5.00. The van der Waals surface area contributed by atoms with Crippen LogP contribution < -0.4 is 15.4 Å². The molecule has 192 valence electrons. The van der Waals surface area contributed by atoms with Crippen molar-refractivity contribution in [3.05, 3.63) is 41.0 Å². The Morgan fingerprint density at radius 1 is 1.24 bits per heavy atom. The lowest BCUT2D eigenvalue weighted by molar-refractivity contribution is -0.137. The Hall–Kier alpha value is -3.37. The van der Waals surface area contributed by atoms with Gasteiger partial charge in [0.1, 0.15) is 28.2 Å². The molecule has 2 aromatic carbocycles. The van der Waals surface area contributed by atoms with Gasteiger partial charge >= 0.3 is 12.2 Å². The number of thioether (sulfide) groups is 1. The number of hydrogen-bond donors (Lipinski definition) is 1. The number of nitriles is 1. The number of nitrogens with two attached hydrogens (primary N) is 1. The van der Waals surface area contributed by atoms with Crippen LogP contribution >= 0.6 is 23.1 Å². The molecule has 1 aliphatic rings. The van der Waals surface area contributed by atoms with E-state index in [1.54, 1.807) is 29.8 Å². The quantitative estimate of drug-likeness (QED) is 0.302. The van der Waals surface area contributed by atoms with Gasteiger partial charge in [-0.05, 0) is 29.9 Å². The Kier molecular flexibility index (Phi) is 6.27. The molecule has 2 aromatic heterocycles. The molecule has 0 amide bonds. The molecule has 0 aliphatic carbocycles. The van der Waals surface area contributed by atoms with Crippen LogP contribution in [0.5, 0.6) is 6.01 Å². The Morgan fingerprint density at radius 3 is 2.62 bits per heavy atom. The topological polar surface area (TPSA) is 88.1 Å². The second-order valence-corrected chi connectivity index (χ2v) is 10.6. The molecular formula is C24H18F5N5OS2. The van der Waals surface area contributed by atoms with Crippen LogP contribution in [0.2, 0.25) is 0 Å². The van der Waals surface area contributed by atoms with Crippen molar-refractivity contribution in [3.8, 4) is 23.2 Å². The Morgan fingerprint density at radius 2 is 2.00 bits per heavy atom. The van der Waals surface area contributed by atoms with E-state index in [4.69, 9.17) is 10.5 Å². The average molecular weight is 552 g/mol. The molecule has 1 atom stereocenters. The third kappa shape index (κ3) is 4.08. The van der Waals surface area contributed by atoms with Gasteiger partial charge in [0.2, 0.25) is 0 Å². The highest BCUT2D eigenvalue weighted by Crippen LogP contribution is 2.48. The fraction of sp³-hybridized carbons (Fsp3) is 0.292. The zero-order valence-corrected chi connectivity index (χ0v) is 21.0. The van der Waals surface area contributed by atoms with Gasteiger partial charge in [-0.3, -0.25) is 0 Å². The highest BCUT2D eigenvalue weighted by atomic mass is 32.2. The summed E-state index contributed by atoms with van der Waals surface area (Å²) in [6.07, 6.45) is -4.22. The number of fused-ring (bicyclic) bond motifs is 2. The van der Waals surface area contributed by atoms with Crippen LogP contribution in [-0.4, -0.2) is 41.7 Å². The number of nitrogens with zero attached hydrogens (tertiary/aromatic N) is 4. The number of alkyl halides is 3. The maximum absolute atomic E-state index is 16.3. The van der Waals surface area contributed by atoms with Crippen molar-refractivity contribution in [3.63, 3.8) is 0 Å². The van der Waals surface area contributed by atoms with Gasteiger partial charge in [-0.1, -0.05) is 6.07 Å². The van der Waals surface area contributed by atoms with Crippen molar-refractivity contribution in [2.45, 2.75) is 18.6 Å². The minimum absolute atomic E-state index is 0.0198. The van der Waals surface area contributed by atoms with Gasteiger partial charge in [-0.2, -0.15) is 40.2 Å². The Balaban J connectivity index is 1.91. The number of nitrogen functional groups attached to an aromatic ring is 1. The fourth-order valence-electron chi connectivity index (χ4n) is 4.55. The lowest BCUT2D eigenvalue weighted by atomic mass is 9.92. The largest absolute Gasteiger partial charge is 0.467 e. The average Bonchev–Trinajstić information content (AvgIpc) is 3.51. The number of aromatic nitrogens is 2. The number of halogens is 5. The van der Waals surface area contributed by atoms with Crippen LogP contribution in [0.4, 0.5) is 32.8 Å². The van der Waals surface area contributed by atoms with E-state index in [1.165, 1.54) is 7.11 Å². The molecule has 1 saturated heterocycles. The Labute approximate surface area is 215 Å². The van der Waals surface area contributed by atoms with Crippen LogP contribution in [0.1, 0.15) is 17.5 Å². The lowest BCUT2D eigenvalue weighted by Gasteiger charge is -2.27. The van der Waals surface area contributed by atoms with Crippen molar-refractivity contribution >= 4 is 54.9 Å². The molecule has 37 heavy (non-hydrogen) atoms. The molecule has 4 aromatic rings. The van der Waals surface area contributed by atoms with E-state index in [0.29, 0.717) is 11.3 Å². The summed E-state index contributed by atoms with van der Waals surface area (Å²) in [4.78, 5) is 10.0. The summed E-state index contributed by atoms with van der Waals surface area (Å²) in [5.74, 6) is -0.350. The second-order valence-electron chi connectivity index (χ2n) is 8.42. The molecule has 0 saturated carbocycles. The van der Waals surface area contributed by atoms with E-state index in [2.05, 4.69) is 9.97 Å². The summed E-state index contributed by atoms with van der Waals surface area (Å²) in [7, 11) is 2.96. The van der Waals surface area contributed by atoms with Crippen LogP contribution in [0.15, 0.2) is 18.2 Å². The minimum Gasteiger partial charge on any atom is -0.467 e. The predicted molar refractivity (Wildman–Crippen MR) is 135 cm³/mol. The zero-order valence-electron chi connectivity index (χ0n) is 19.4. The predicted octanol–water partition coefficient (Wildman–Crippen LogP) is 6.21. The zero-order chi connectivity index (χ0) is 26.6. The lowest BCUT2D eigenvalue weighted by Crippen LogP contribution is -2.32. The van der Waals surface area contributed by atoms with Crippen LogP contribution in [0.3, 0.4) is 0 Å². The van der Waals surface area contributed by atoms with Gasteiger partial charge < -0.3 is 15.4 Å². The fourth-order valence-corrected chi connectivity index (χ4v) is 6.76. The molecule has 0 spiro atoms. The molecule has 3 heterocycles. The number of thiophene rings is 1. The smallest absolute Gasteiger partial charge is 0.417 e. The first kappa shape index (κ1) is 25.3. The number of benzene rings is 2. The highest BCUT2D eigenvalue weighted by molar-refractivity contribution is 7.99. The summed E-state index contributed by atoms with van der Waals surface area (Å²) in [5, 5.41) is 9.19. The van der Waals surface area contributed by atoms with Gasteiger partial charge in [0.05, 0.1) is 22.9 Å². The highest BCUT2D eigenvalue weighted by Gasteiger charge is 2.38. The summed E-state index contributed by atoms with van der Waals surface area (Å²) >= 11 is 2.41. The number of methoxy groups -OCH3 is 1. The van der Waals surface area contributed by atoms with E-state index < -0.39 is 28.9 Å². The first-order valence-corrected chi connectivity index (χ1v) is 12.9. The molecule has 0 radical (unpaired) electrons. The Bertz CT molecular complexity index is 1590. The van der Waals surface area contributed by atoms with Crippen molar-refractivity contribution in [1.29, 1.82) is 5.26 Å². The molecule has 1 fully saturated rings. The third-order valence-electron chi connectivity index (χ3n) is 6.37. The van der Waals surface area contributed by atoms with E-state index in [0.717, 1.165) is 36.1 Å². The SMILES string of the molecule is COc1nc(N(C)C2CCSC2)c2cc(C(F)(F)F)c(-c3ccc(F)c4sc(N)c(C#N)c34)c(F)c2n1. The first-order valence-electron chi connectivity index (χ1n) is 10.9. The van der Waals surface area contributed by atoms with Gasteiger partial charge in [-0.25, -0.2) is 8.78 Å².